The molecule has 0 bridgehead atoms. The number of sulfonamides is 1. The minimum atomic E-state index is -3.68. The van der Waals surface area contributed by atoms with Crippen LogP contribution in [0, 0.1) is 19.8 Å². The standard InChI is InChI=1S/C28H48N4O5S/c1-21-16-26(36-7)17-22(2)28(21)38(34,35)30(5)14-15-37-20-27(33)31(6)24-10-8-23(9-11-24)18-32-13-12-25(19-32)29(3)4/h16-17,23-25H,8-15,18-20H2,1-7H3/t23-,24+,25-/m1/s1. The quantitative estimate of drug-likeness (QED) is 0.369. The molecule has 1 aromatic rings. The molecular formula is C28H48N4O5S. The molecule has 38 heavy (non-hydrogen) atoms. The highest BCUT2D eigenvalue weighted by molar-refractivity contribution is 7.89. The van der Waals surface area contributed by atoms with Crippen molar-refractivity contribution in [1.29, 1.82) is 0 Å². The lowest BCUT2D eigenvalue weighted by Crippen LogP contribution is -2.43. The van der Waals surface area contributed by atoms with E-state index < -0.39 is 10.0 Å². The number of hydrogen-bond donors (Lipinski definition) is 0. The van der Waals surface area contributed by atoms with Gasteiger partial charge in [0.25, 0.3) is 0 Å². The van der Waals surface area contributed by atoms with Crippen molar-refractivity contribution in [2.45, 2.75) is 62.9 Å². The van der Waals surface area contributed by atoms with Crippen molar-refractivity contribution in [3.63, 3.8) is 0 Å². The Kier molecular flexibility index (Phi) is 11.0. The van der Waals surface area contributed by atoms with Gasteiger partial charge in [0.05, 0.1) is 18.6 Å². The Morgan fingerprint density at radius 3 is 2.18 bits per heavy atom. The molecule has 9 nitrogen and oxygen atoms in total. The number of carbonyl (C=O) groups excluding carboxylic acids is 1. The lowest BCUT2D eigenvalue weighted by atomic mass is 9.85. The van der Waals surface area contributed by atoms with Crippen LogP contribution in [0.1, 0.15) is 43.2 Å². The van der Waals surface area contributed by atoms with Crippen LogP contribution in [-0.4, -0.2) is 120 Å². The zero-order valence-electron chi connectivity index (χ0n) is 24.4. The summed E-state index contributed by atoms with van der Waals surface area (Å²) in [6, 6.07) is 4.36. The largest absolute Gasteiger partial charge is 0.497 e. The number of likely N-dealkylation sites (tertiary alicyclic amines) is 1. The highest BCUT2D eigenvalue weighted by Crippen LogP contribution is 2.30. The fourth-order valence-electron chi connectivity index (χ4n) is 5.85. The van der Waals surface area contributed by atoms with E-state index in [1.54, 1.807) is 33.1 Å². The van der Waals surface area contributed by atoms with Crippen molar-refractivity contribution in [2.75, 3.05) is 74.7 Å². The zero-order valence-corrected chi connectivity index (χ0v) is 25.2. The third-order valence-electron chi connectivity index (χ3n) is 8.37. The summed E-state index contributed by atoms with van der Waals surface area (Å²) in [4.78, 5) is 19.8. The molecule has 10 heteroatoms. The van der Waals surface area contributed by atoms with Gasteiger partial charge in [-0.05, 0) is 95.8 Å². The molecule has 0 spiro atoms. The molecule has 0 N–H and O–H groups in total. The van der Waals surface area contributed by atoms with E-state index in [1.807, 2.05) is 11.9 Å². The van der Waals surface area contributed by atoms with Crippen LogP contribution in [0.3, 0.4) is 0 Å². The summed E-state index contributed by atoms with van der Waals surface area (Å²) in [5.41, 5.74) is 1.28. The Bertz CT molecular complexity index is 1020. The Morgan fingerprint density at radius 2 is 1.63 bits per heavy atom. The number of aryl methyl sites for hydroxylation is 2. The first-order chi connectivity index (χ1) is 17.9. The summed E-state index contributed by atoms with van der Waals surface area (Å²) in [5.74, 6) is 1.29. The molecule has 0 radical (unpaired) electrons. The zero-order chi connectivity index (χ0) is 28.0. The Hall–Kier alpha value is -1.72. The van der Waals surface area contributed by atoms with E-state index in [-0.39, 0.29) is 36.6 Å². The van der Waals surface area contributed by atoms with Gasteiger partial charge in [-0.15, -0.1) is 0 Å². The van der Waals surface area contributed by atoms with Gasteiger partial charge in [0.2, 0.25) is 15.9 Å². The van der Waals surface area contributed by atoms with E-state index in [1.165, 1.54) is 37.4 Å². The molecule has 1 saturated heterocycles. The van der Waals surface area contributed by atoms with Crippen molar-refractivity contribution in [3.8, 4) is 5.75 Å². The maximum Gasteiger partial charge on any atom is 0.248 e. The van der Waals surface area contributed by atoms with E-state index in [0.29, 0.717) is 28.8 Å². The summed E-state index contributed by atoms with van der Waals surface area (Å²) in [6.45, 7) is 7.34. The molecular weight excluding hydrogens is 504 g/mol. The summed E-state index contributed by atoms with van der Waals surface area (Å²) >= 11 is 0. The van der Waals surface area contributed by atoms with Crippen LogP contribution >= 0.6 is 0 Å². The van der Waals surface area contributed by atoms with Crippen LogP contribution in [0.25, 0.3) is 0 Å². The summed E-state index contributed by atoms with van der Waals surface area (Å²) < 4.78 is 38.4. The van der Waals surface area contributed by atoms with Gasteiger partial charge >= 0.3 is 0 Å². The van der Waals surface area contributed by atoms with Gasteiger partial charge in [0.15, 0.2) is 0 Å². The topological polar surface area (TPSA) is 82.6 Å². The van der Waals surface area contributed by atoms with Crippen molar-refractivity contribution in [2.24, 2.45) is 5.92 Å². The number of rotatable bonds is 12. The van der Waals surface area contributed by atoms with Crippen LogP contribution in [0.15, 0.2) is 17.0 Å². The average Bonchev–Trinajstić information content (AvgIpc) is 3.34. The number of ether oxygens (including phenoxy) is 2. The molecule has 1 aliphatic heterocycles. The Morgan fingerprint density at radius 1 is 1.00 bits per heavy atom. The van der Waals surface area contributed by atoms with Crippen molar-refractivity contribution in [3.05, 3.63) is 23.3 Å². The van der Waals surface area contributed by atoms with Crippen LogP contribution in [0.2, 0.25) is 0 Å². The number of methoxy groups -OCH3 is 1. The number of nitrogens with zero attached hydrogens (tertiary/aromatic N) is 4. The van der Waals surface area contributed by atoms with E-state index in [9.17, 15) is 13.2 Å². The number of amides is 1. The van der Waals surface area contributed by atoms with Crippen molar-refractivity contribution >= 4 is 15.9 Å². The minimum Gasteiger partial charge on any atom is -0.497 e. The predicted octanol–water partition coefficient (Wildman–Crippen LogP) is 2.60. The molecule has 1 aliphatic carbocycles. The first-order valence-corrected chi connectivity index (χ1v) is 15.2. The SMILES string of the molecule is COc1cc(C)c(S(=O)(=O)N(C)CCOCC(=O)N(C)[C@H]2CC[C@@H](CN3CC[C@@H](N(C)C)C3)CC2)c(C)c1. The molecule has 0 unspecified atom stereocenters. The number of carbonyl (C=O) groups is 1. The van der Waals surface area contributed by atoms with Gasteiger partial charge in [-0.3, -0.25) is 4.79 Å². The molecule has 1 atom stereocenters. The second-order valence-corrected chi connectivity index (χ2v) is 13.3. The molecule has 1 aromatic carbocycles. The molecule has 1 heterocycles. The number of hydrogen-bond acceptors (Lipinski definition) is 7. The highest BCUT2D eigenvalue weighted by atomic mass is 32.2. The van der Waals surface area contributed by atoms with E-state index >= 15 is 0 Å². The molecule has 2 aliphatic rings. The van der Waals surface area contributed by atoms with Crippen molar-refractivity contribution in [1.82, 2.24) is 19.0 Å². The average molecular weight is 553 g/mol. The lowest BCUT2D eigenvalue weighted by Gasteiger charge is -2.36. The third kappa shape index (κ3) is 7.69. The third-order valence-corrected chi connectivity index (χ3v) is 10.5. The van der Waals surface area contributed by atoms with E-state index in [4.69, 9.17) is 9.47 Å². The number of benzene rings is 1. The van der Waals surface area contributed by atoms with E-state index in [2.05, 4.69) is 23.9 Å². The molecule has 1 amide bonds. The highest BCUT2D eigenvalue weighted by Gasteiger charge is 2.30. The maximum absolute atomic E-state index is 13.1. The van der Waals surface area contributed by atoms with Gasteiger partial charge in [0.1, 0.15) is 12.4 Å². The minimum absolute atomic E-state index is 0.0371. The summed E-state index contributed by atoms with van der Waals surface area (Å²) in [6.07, 6.45) is 5.61. The predicted molar refractivity (Wildman–Crippen MR) is 150 cm³/mol. The van der Waals surface area contributed by atoms with Crippen LogP contribution < -0.4 is 4.74 Å². The summed E-state index contributed by atoms with van der Waals surface area (Å²) in [5, 5.41) is 0. The fraction of sp³-hybridized carbons (Fsp3) is 0.750. The van der Waals surface area contributed by atoms with Crippen LogP contribution in [-0.2, 0) is 19.6 Å². The van der Waals surface area contributed by atoms with Crippen LogP contribution in [0.4, 0.5) is 0 Å². The van der Waals surface area contributed by atoms with Crippen molar-refractivity contribution < 1.29 is 22.7 Å². The van der Waals surface area contributed by atoms with Crippen LogP contribution in [0.5, 0.6) is 5.75 Å². The van der Waals surface area contributed by atoms with Gasteiger partial charge in [-0.1, -0.05) is 0 Å². The molecule has 1 saturated carbocycles. The lowest BCUT2D eigenvalue weighted by molar-refractivity contribution is -0.137. The molecule has 3 rings (SSSR count). The van der Waals surface area contributed by atoms with Gasteiger partial charge in [0, 0.05) is 45.8 Å². The van der Waals surface area contributed by atoms with Gasteiger partial charge < -0.3 is 24.2 Å². The smallest absolute Gasteiger partial charge is 0.248 e. The second-order valence-electron chi connectivity index (χ2n) is 11.3. The normalized spacial score (nSPS) is 22.8. The number of likely N-dealkylation sites (N-methyl/N-ethyl adjacent to an activating group) is 3. The Labute approximate surface area is 230 Å². The fourth-order valence-corrected chi connectivity index (χ4v) is 7.41. The monoisotopic (exact) mass is 552 g/mol. The van der Waals surface area contributed by atoms with E-state index in [0.717, 1.165) is 25.7 Å². The maximum atomic E-state index is 13.1. The van der Waals surface area contributed by atoms with Gasteiger partial charge in [-0.25, -0.2) is 8.42 Å². The molecule has 216 valence electrons. The second kappa shape index (κ2) is 13.6. The first-order valence-electron chi connectivity index (χ1n) is 13.8. The molecule has 0 aromatic heterocycles. The first kappa shape index (κ1) is 30.8. The summed E-state index contributed by atoms with van der Waals surface area (Å²) in [7, 11) is 5.62. The van der Waals surface area contributed by atoms with Gasteiger partial charge in [-0.2, -0.15) is 4.31 Å². The Balaban J connectivity index is 1.39. The molecule has 2 fully saturated rings.